The predicted molar refractivity (Wildman–Crippen MR) is 373 cm³/mol. The van der Waals surface area contributed by atoms with E-state index in [9.17, 15) is 105 Å². The lowest BCUT2D eigenvalue weighted by atomic mass is 9.86. The molecule has 15 atom stereocenters. The number of carbonyl (C=O) groups is 14. The normalized spacial score (nSPS) is 22.6. The second kappa shape index (κ2) is 46.6. The number of benzene rings is 1. The number of esters is 1. The zero-order valence-electron chi connectivity index (χ0n) is 62.8. The Balaban J connectivity index is 0. The average Bonchev–Trinajstić information content (AvgIpc) is 0.806. The number of amides is 10. The fraction of sp³-hybridized carbons (Fsp3) is 0.682. The van der Waals surface area contributed by atoms with Crippen molar-refractivity contribution < 1.29 is 134 Å². The maximum Gasteiger partial charge on any atom is 0.490 e. The van der Waals surface area contributed by atoms with Gasteiger partial charge < -0.3 is 111 Å². The Kier molecular flexibility index (Phi) is 43.4. The number of hydrogen-bond acceptors (Lipinski definition) is 21. The predicted octanol–water partition coefficient (Wildman–Crippen LogP) is -1.76. The van der Waals surface area contributed by atoms with E-state index in [1.165, 1.54) is 44.2 Å². The third kappa shape index (κ3) is 37.8. The Bertz CT molecular complexity index is 3160. The van der Waals surface area contributed by atoms with Crippen molar-refractivity contribution in [2.24, 2.45) is 50.8 Å². The highest BCUT2D eigenvalue weighted by atomic mass is 19.4. The second-order valence-corrected chi connectivity index (χ2v) is 27.9. The number of cyclic esters (lactones) is 1. The Morgan fingerprint density at radius 3 is 1.53 bits per heavy atom. The summed E-state index contributed by atoms with van der Waals surface area (Å²) in [6.07, 6.45) is -18.6. The van der Waals surface area contributed by atoms with Gasteiger partial charge in [0.1, 0.15) is 48.3 Å². The summed E-state index contributed by atoms with van der Waals surface area (Å²) >= 11 is 0. The molecule has 0 aromatic heterocycles. The van der Waals surface area contributed by atoms with Crippen molar-refractivity contribution in [3.05, 3.63) is 35.9 Å². The summed E-state index contributed by atoms with van der Waals surface area (Å²) in [5, 5.41) is 92.0. The van der Waals surface area contributed by atoms with Crippen LogP contribution >= 0.6 is 0 Å². The van der Waals surface area contributed by atoms with Crippen LogP contribution in [0.3, 0.4) is 0 Å². The molecule has 616 valence electrons. The van der Waals surface area contributed by atoms with Crippen molar-refractivity contribution >= 4 is 88.9 Å². The van der Waals surface area contributed by atoms with Crippen molar-refractivity contribution in [3.8, 4) is 0 Å². The van der Waals surface area contributed by atoms with Gasteiger partial charge in [-0.2, -0.15) is 26.3 Å². The van der Waals surface area contributed by atoms with Gasteiger partial charge in [-0.1, -0.05) is 134 Å². The number of aliphatic carboxylic acids is 3. The molecule has 36 nitrogen and oxygen atoms in total. The number of nitrogens with one attached hydrogen (secondary N) is 10. The minimum Gasteiger partial charge on any atom is -0.479 e. The van der Waals surface area contributed by atoms with Gasteiger partial charge in [0, 0.05) is 6.54 Å². The van der Waals surface area contributed by atoms with Gasteiger partial charge in [-0.15, -0.1) is 0 Å². The number of ether oxygens (including phenoxy) is 1. The van der Waals surface area contributed by atoms with E-state index in [4.69, 9.17) is 41.7 Å². The molecule has 2 rings (SSSR count). The Hall–Kier alpha value is -9.55. The molecule has 0 saturated carbocycles. The molecule has 0 aliphatic carbocycles. The molecule has 1 fully saturated rings. The van der Waals surface area contributed by atoms with Gasteiger partial charge in [-0.25, -0.2) is 19.2 Å². The number of carboxylic acids is 3. The lowest BCUT2D eigenvalue weighted by Gasteiger charge is -2.34. The van der Waals surface area contributed by atoms with Crippen LogP contribution in [0.15, 0.2) is 35.3 Å². The Labute approximate surface area is 620 Å². The number of hydrogen-bond donors (Lipinski definition) is 20. The fourth-order valence-electron chi connectivity index (χ4n) is 9.48. The van der Waals surface area contributed by atoms with E-state index in [0.29, 0.717) is 0 Å². The highest BCUT2D eigenvalue weighted by molar-refractivity contribution is 6.00. The smallest absolute Gasteiger partial charge is 0.479 e. The summed E-state index contributed by atoms with van der Waals surface area (Å²) in [5.74, 6) is -23.2. The van der Waals surface area contributed by atoms with Crippen molar-refractivity contribution in [2.75, 3.05) is 19.7 Å². The van der Waals surface area contributed by atoms with Crippen LogP contribution in [0.1, 0.15) is 154 Å². The van der Waals surface area contributed by atoms with Crippen LogP contribution in [0, 0.1) is 28.6 Å². The van der Waals surface area contributed by atoms with Crippen LogP contribution < -0.4 is 70.4 Å². The second-order valence-electron chi connectivity index (χ2n) is 27.9. The van der Waals surface area contributed by atoms with E-state index in [-0.39, 0.29) is 56.6 Å². The molecule has 1 saturated heterocycles. The summed E-state index contributed by atoms with van der Waals surface area (Å²) in [7, 11) is 0. The van der Waals surface area contributed by atoms with Crippen LogP contribution in [0.5, 0.6) is 0 Å². The van der Waals surface area contributed by atoms with E-state index < -0.39 is 222 Å². The first kappa shape index (κ1) is 101. The lowest BCUT2D eigenvalue weighted by molar-refractivity contribution is -0.193. The highest BCUT2D eigenvalue weighted by Crippen LogP contribution is 2.27. The summed E-state index contributed by atoms with van der Waals surface area (Å²) < 4.78 is 69.4. The van der Waals surface area contributed by atoms with E-state index >= 15 is 4.79 Å². The molecule has 1 aliphatic rings. The van der Waals surface area contributed by atoms with Crippen LogP contribution in [0.4, 0.5) is 26.3 Å². The third-order valence-electron chi connectivity index (χ3n) is 15.1. The lowest BCUT2D eigenvalue weighted by Crippen LogP contribution is -2.64. The van der Waals surface area contributed by atoms with E-state index in [1.54, 1.807) is 48.5 Å². The van der Waals surface area contributed by atoms with Crippen LogP contribution in [0.2, 0.25) is 0 Å². The summed E-state index contributed by atoms with van der Waals surface area (Å²) in [6.45, 7) is 22.9. The molecule has 0 spiro atoms. The number of alkyl halides is 6. The number of aliphatic hydroxyl groups is 4. The first-order valence-electron chi connectivity index (χ1n) is 34.1. The van der Waals surface area contributed by atoms with E-state index in [1.807, 2.05) is 45.3 Å². The number of aliphatic hydroxyl groups excluding tert-OH is 4. The van der Waals surface area contributed by atoms with Crippen molar-refractivity contribution in [1.82, 2.24) is 53.2 Å². The number of aliphatic imine (C=N–C) groups is 1. The average molecular weight is 1560 g/mol. The molecule has 1 aromatic carbocycles. The maximum absolute atomic E-state index is 15.4. The number of halogens is 6. The van der Waals surface area contributed by atoms with Gasteiger partial charge in [0.25, 0.3) is 0 Å². The number of carboxylic acid groups (broad SMARTS) is 3. The van der Waals surface area contributed by atoms with Crippen LogP contribution in [-0.4, -0.2) is 235 Å². The molecule has 42 heteroatoms. The van der Waals surface area contributed by atoms with Crippen LogP contribution in [0.25, 0.3) is 0 Å². The Morgan fingerprint density at radius 1 is 0.620 bits per heavy atom. The van der Waals surface area contributed by atoms with Crippen molar-refractivity contribution in [3.63, 3.8) is 0 Å². The van der Waals surface area contributed by atoms with Gasteiger partial charge >= 0.3 is 36.2 Å². The number of nitrogens with zero attached hydrogens (tertiary/aromatic N) is 1. The molecule has 10 amide bonds. The molecule has 1 aliphatic heterocycles. The largest absolute Gasteiger partial charge is 0.490 e. The summed E-state index contributed by atoms with van der Waals surface area (Å²) in [5.41, 5.74) is 16.1. The van der Waals surface area contributed by atoms with E-state index in [0.717, 1.165) is 6.92 Å². The van der Waals surface area contributed by atoms with Gasteiger partial charge in [0.05, 0.1) is 31.4 Å². The zero-order valence-corrected chi connectivity index (χ0v) is 62.8. The molecule has 1 aromatic rings. The summed E-state index contributed by atoms with van der Waals surface area (Å²) in [6, 6.07) is -11.2. The first-order valence-corrected chi connectivity index (χ1v) is 34.1. The number of carbonyl (C=O) groups excluding carboxylic acids is 11. The Morgan fingerprint density at radius 2 is 1.08 bits per heavy atom. The van der Waals surface area contributed by atoms with Crippen LogP contribution in [-0.2, 0) is 71.9 Å². The van der Waals surface area contributed by atoms with Gasteiger partial charge in [-0.05, 0) is 73.2 Å². The molecule has 0 bridgehead atoms. The summed E-state index contributed by atoms with van der Waals surface area (Å²) in [4.78, 5) is 192. The standard InChI is InChI=1S/C60H100N14O18.2C2HF3O2.C2H6/c1-14-30(6)39-52(85)72-40(31(7)76)51(84)65-26-38(77)70-42(45(79)56(89)90)54(87)69-37(27-75)57(91)92-46(32-19-16-15-17-20-32)43(74-50(83)36(25-60(11,12)13)68-47(80)33(61)24-59(8,9)10)55(88)73-41(44(78)29(4)5)53(86)67-35(23-28(2)3)49(82)66-34(48(81)71-39)21-18-22-64-58(62)63;2*3-2(4,5)1(6)7;1-2/h15-17,19-20,28-31,33-37,39-46,75-76,78-79H,14,18,21-27,61H2,1-13H3,(H,65,84)(H,66,82)(H,67,86)(H,68,80)(H,69,87)(H,70,77)(H,71,81)(H,72,85)(H,73,88)(H,74,83)(H,89,90)(H4,62,63,64);2*(H,6,7);1-2H3/t30-,31-,33+,34+,35-,36+,37-,39-,40-,41-,42-,43-,44+,45-,46+;;;/m0.../s1. The van der Waals surface area contributed by atoms with E-state index in [2.05, 4.69) is 47.5 Å². The number of nitrogens with two attached hydrogens (primary N) is 3. The highest BCUT2D eigenvalue weighted by Gasteiger charge is 2.45. The molecule has 0 radical (unpaired) electrons. The molecule has 0 unspecified atom stereocenters. The zero-order chi connectivity index (χ0) is 84.4. The maximum atomic E-state index is 15.4. The van der Waals surface area contributed by atoms with Gasteiger partial charge in [-0.3, -0.25) is 52.9 Å². The molecule has 1 heterocycles. The number of guanidine groups is 1. The quantitative estimate of drug-likeness (QED) is 0.0213. The molecule has 23 N–H and O–H groups in total. The van der Waals surface area contributed by atoms with Gasteiger partial charge in [0.2, 0.25) is 59.1 Å². The molecular formula is C66H108F6N14O22. The molecule has 108 heavy (non-hydrogen) atoms. The SMILES string of the molecule is CC.CC[C@H](C)[C@@H]1NC(=O)[C@@H](CCCN=C(N)N)NC(=O)[C@H](CC(C)C)NC(=O)[C@H]([C@H](O)C(C)C)NC(=O)[C@@H](NC(=O)[C@@H](CC(C)(C)C)NC(=O)[C@H](N)CC(C)(C)C)[C@@H](c2ccccc2)OC(=O)[C@H](CO)NC(=O)[C@H]([C@H](O)C(=O)O)NC(=O)CNC(=O)[C@H]([C@H](C)O)NC1=O.O=C(O)C(F)(F)F.O=C(O)C(F)(F)F. The fourth-order valence-corrected chi connectivity index (χ4v) is 9.48. The minimum atomic E-state index is -5.08. The monoisotopic (exact) mass is 1560 g/mol. The van der Waals surface area contributed by atoms with Crippen molar-refractivity contribution in [1.29, 1.82) is 0 Å². The van der Waals surface area contributed by atoms with Crippen molar-refractivity contribution in [2.45, 2.75) is 240 Å². The number of rotatable bonds is 21. The third-order valence-corrected chi connectivity index (χ3v) is 15.1. The topological polar surface area (TPSA) is 601 Å². The minimum absolute atomic E-state index is 0.0383. The van der Waals surface area contributed by atoms with Gasteiger partial charge in [0.15, 0.2) is 24.2 Å². The molecular weight excluding hydrogens is 1450 g/mol. The first-order chi connectivity index (χ1) is 49.5.